The summed E-state index contributed by atoms with van der Waals surface area (Å²) in [6.07, 6.45) is 4.95. The van der Waals surface area contributed by atoms with Crippen molar-refractivity contribution in [2.45, 2.75) is 12.8 Å². The van der Waals surface area contributed by atoms with E-state index < -0.39 is 10.0 Å². The molecule has 0 spiro atoms. The Labute approximate surface area is 166 Å². The van der Waals surface area contributed by atoms with Gasteiger partial charge in [-0.1, -0.05) is 18.2 Å². The van der Waals surface area contributed by atoms with Crippen molar-refractivity contribution in [3.63, 3.8) is 0 Å². The van der Waals surface area contributed by atoms with Crippen molar-refractivity contribution in [2.75, 3.05) is 46.1 Å². The number of fused-ring (bicyclic) bond motifs is 1. The molecule has 1 aliphatic rings. The number of hydrogen-bond acceptors (Lipinski definition) is 5. The van der Waals surface area contributed by atoms with E-state index in [9.17, 15) is 13.2 Å². The number of sulfonamides is 1. The Bertz CT molecular complexity index is 930. The van der Waals surface area contributed by atoms with Gasteiger partial charge in [-0.2, -0.15) is 0 Å². The molecule has 1 aromatic heterocycles. The first kappa shape index (κ1) is 20.8. The predicted molar refractivity (Wildman–Crippen MR) is 110 cm³/mol. The minimum atomic E-state index is -3.13. The third kappa shape index (κ3) is 4.92. The number of hydrogen-bond donors (Lipinski definition) is 0. The molecular weight excluding hydrogens is 378 g/mol. The number of para-hydroxylation sites is 1. The molecule has 0 amide bonds. The molecule has 28 heavy (non-hydrogen) atoms. The van der Waals surface area contributed by atoms with Gasteiger partial charge in [-0.25, -0.2) is 17.5 Å². The Kier molecular flexibility index (Phi) is 6.42. The summed E-state index contributed by atoms with van der Waals surface area (Å²) in [4.78, 5) is 14.8. The molecule has 0 aliphatic carbocycles. The van der Waals surface area contributed by atoms with Crippen molar-refractivity contribution in [1.82, 2.24) is 13.8 Å². The highest BCUT2D eigenvalue weighted by Gasteiger charge is 2.23. The van der Waals surface area contributed by atoms with Gasteiger partial charge in [-0.05, 0) is 37.9 Å². The summed E-state index contributed by atoms with van der Waals surface area (Å²) >= 11 is 0. The zero-order valence-electron chi connectivity index (χ0n) is 16.8. The topological polar surface area (TPSA) is 71.8 Å². The lowest BCUT2D eigenvalue weighted by Gasteiger charge is -2.32. The van der Waals surface area contributed by atoms with Crippen LogP contribution in [0.2, 0.25) is 0 Å². The predicted octanol–water partition coefficient (Wildman–Crippen LogP) is 1.94. The van der Waals surface area contributed by atoms with Crippen LogP contribution in [0.1, 0.15) is 23.2 Å². The molecule has 0 radical (unpaired) electrons. The molecule has 2 heterocycles. The maximum absolute atomic E-state index is 12.5. The lowest BCUT2D eigenvalue weighted by molar-refractivity contribution is 0.0373. The van der Waals surface area contributed by atoms with E-state index in [1.165, 1.54) is 10.6 Å². The molecule has 0 unspecified atom stereocenters. The molecule has 1 aliphatic heterocycles. The van der Waals surface area contributed by atoms with Crippen molar-refractivity contribution < 1.29 is 17.9 Å². The monoisotopic (exact) mass is 407 g/mol. The zero-order chi connectivity index (χ0) is 20.3. The van der Waals surface area contributed by atoms with E-state index in [0.717, 1.165) is 43.4 Å². The van der Waals surface area contributed by atoms with Crippen LogP contribution in [0.5, 0.6) is 0 Å². The van der Waals surface area contributed by atoms with Crippen molar-refractivity contribution in [1.29, 1.82) is 0 Å². The van der Waals surface area contributed by atoms with Crippen LogP contribution in [-0.4, -0.2) is 74.2 Å². The summed E-state index contributed by atoms with van der Waals surface area (Å²) in [7, 11) is 0.407. The first-order chi connectivity index (χ1) is 13.3. The minimum Gasteiger partial charge on any atom is -0.462 e. The number of piperidine rings is 1. The number of esters is 1. The fourth-order valence-corrected chi connectivity index (χ4v) is 4.01. The first-order valence-corrected chi connectivity index (χ1v) is 11.5. The Balaban J connectivity index is 1.46. The summed E-state index contributed by atoms with van der Waals surface area (Å²) in [6.45, 7) is 3.45. The maximum Gasteiger partial charge on any atom is 0.340 e. The van der Waals surface area contributed by atoms with E-state index in [4.69, 9.17) is 4.74 Å². The molecular formula is C20H29N3O4S. The van der Waals surface area contributed by atoms with E-state index in [-0.39, 0.29) is 5.97 Å². The van der Waals surface area contributed by atoms with Gasteiger partial charge < -0.3 is 14.2 Å². The maximum atomic E-state index is 12.5. The molecule has 1 aromatic carbocycles. The number of ether oxygens (including phenoxy) is 1. The van der Waals surface area contributed by atoms with Gasteiger partial charge in [0.1, 0.15) is 0 Å². The fraction of sp³-hybridized carbons (Fsp3) is 0.550. The number of aromatic nitrogens is 1. The Morgan fingerprint density at radius 3 is 2.61 bits per heavy atom. The smallest absolute Gasteiger partial charge is 0.340 e. The number of rotatable bonds is 7. The Morgan fingerprint density at radius 2 is 1.93 bits per heavy atom. The summed E-state index contributed by atoms with van der Waals surface area (Å²) in [5.74, 6) is 0.0804. The Hall–Kier alpha value is -1.90. The third-order valence-corrected chi connectivity index (χ3v) is 6.89. The molecule has 0 atom stereocenters. The van der Waals surface area contributed by atoms with Crippen LogP contribution in [0.4, 0.5) is 0 Å². The minimum absolute atomic E-state index is 0.269. The number of likely N-dealkylation sites (N-methyl/N-ethyl adjacent to an activating group) is 1. The Morgan fingerprint density at radius 1 is 1.25 bits per heavy atom. The number of nitrogens with zero attached hydrogens (tertiary/aromatic N) is 3. The van der Waals surface area contributed by atoms with E-state index in [1.54, 1.807) is 7.05 Å². The van der Waals surface area contributed by atoms with Gasteiger partial charge in [0.05, 0.1) is 18.4 Å². The van der Waals surface area contributed by atoms with Crippen LogP contribution >= 0.6 is 0 Å². The number of likely N-dealkylation sites (tertiary alicyclic amines) is 1. The normalized spacial score (nSPS) is 16.7. The quantitative estimate of drug-likeness (QED) is 0.656. The second kappa shape index (κ2) is 8.63. The van der Waals surface area contributed by atoms with Crippen molar-refractivity contribution >= 4 is 26.9 Å². The summed E-state index contributed by atoms with van der Waals surface area (Å²) < 4.78 is 31.9. The highest BCUT2D eigenvalue weighted by molar-refractivity contribution is 7.88. The molecule has 1 fully saturated rings. The average molecular weight is 408 g/mol. The molecule has 0 bridgehead atoms. The average Bonchev–Trinajstić information content (AvgIpc) is 3.01. The SMILES string of the molecule is CN(CCN1CCC(COC(=O)c2cn(C)c3ccccc23)CC1)S(C)(=O)=O. The fourth-order valence-electron chi connectivity index (χ4n) is 3.60. The zero-order valence-corrected chi connectivity index (χ0v) is 17.6. The highest BCUT2D eigenvalue weighted by atomic mass is 32.2. The highest BCUT2D eigenvalue weighted by Crippen LogP contribution is 2.22. The molecule has 8 heteroatoms. The number of carbonyl (C=O) groups excluding carboxylic acids is 1. The second-order valence-electron chi connectivity index (χ2n) is 7.64. The van der Waals surface area contributed by atoms with Crippen molar-refractivity contribution in [3.8, 4) is 0 Å². The standard InChI is InChI=1S/C20H29N3O4S/c1-21-14-18(17-6-4-5-7-19(17)21)20(24)27-15-16-8-10-23(11-9-16)13-12-22(2)28(3,25)26/h4-7,14,16H,8-13,15H2,1-3H3. The van der Waals surface area contributed by atoms with Gasteiger partial charge in [0.2, 0.25) is 10.0 Å². The van der Waals surface area contributed by atoms with Gasteiger partial charge in [0.15, 0.2) is 0 Å². The second-order valence-corrected chi connectivity index (χ2v) is 9.73. The van der Waals surface area contributed by atoms with Crippen molar-refractivity contribution in [3.05, 3.63) is 36.0 Å². The summed E-state index contributed by atoms with van der Waals surface area (Å²) in [5.41, 5.74) is 1.63. The lowest BCUT2D eigenvalue weighted by atomic mass is 9.98. The molecule has 1 saturated heterocycles. The molecule has 3 rings (SSSR count). The third-order valence-electron chi connectivity index (χ3n) is 5.57. The summed E-state index contributed by atoms with van der Waals surface area (Å²) in [6, 6.07) is 7.82. The van der Waals surface area contributed by atoms with Gasteiger partial charge in [-0.3, -0.25) is 0 Å². The largest absolute Gasteiger partial charge is 0.462 e. The van der Waals surface area contributed by atoms with Gasteiger partial charge in [0.25, 0.3) is 0 Å². The van der Waals surface area contributed by atoms with Crippen LogP contribution in [0.25, 0.3) is 10.9 Å². The molecule has 0 saturated carbocycles. The van der Waals surface area contributed by atoms with Crippen LogP contribution < -0.4 is 0 Å². The number of carbonyl (C=O) groups is 1. The van der Waals surface area contributed by atoms with Gasteiger partial charge in [-0.15, -0.1) is 0 Å². The summed E-state index contributed by atoms with van der Waals surface area (Å²) in [5, 5.41) is 0.916. The van der Waals surface area contributed by atoms with Crippen LogP contribution in [-0.2, 0) is 21.8 Å². The van der Waals surface area contributed by atoms with Crippen LogP contribution in [0, 0.1) is 5.92 Å². The van der Waals surface area contributed by atoms with E-state index >= 15 is 0 Å². The molecule has 154 valence electrons. The van der Waals surface area contributed by atoms with E-state index in [0.29, 0.717) is 24.6 Å². The van der Waals surface area contributed by atoms with Gasteiger partial charge in [0, 0.05) is 44.3 Å². The van der Waals surface area contributed by atoms with Gasteiger partial charge >= 0.3 is 5.97 Å². The molecule has 7 nitrogen and oxygen atoms in total. The number of aryl methyl sites for hydroxylation is 1. The van der Waals surface area contributed by atoms with E-state index in [1.807, 2.05) is 42.1 Å². The first-order valence-electron chi connectivity index (χ1n) is 9.60. The molecule has 2 aromatic rings. The van der Waals surface area contributed by atoms with Crippen LogP contribution in [0.3, 0.4) is 0 Å². The number of benzene rings is 1. The lowest BCUT2D eigenvalue weighted by Crippen LogP contribution is -2.40. The van der Waals surface area contributed by atoms with E-state index in [2.05, 4.69) is 4.90 Å². The van der Waals surface area contributed by atoms with Crippen molar-refractivity contribution in [2.24, 2.45) is 13.0 Å². The van der Waals surface area contributed by atoms with Crippen LogP contribution in [0.15, 0.2) is 30.5 Å². The molecule has 0 N–H and O–H groups in total.